The highest BCUT2D eigenvalue weighted by Crippen LogP contribution is 2.54. The number of rotatable bonds is 5. The average molecular weight is 304 g/mol. The maximum atomic E-state index is 11.9. The van der Waals surface area contributed by atoms with Crippen molar-refractivity contribution in [3.63, 3.8) is 0 Å². The van der Waals surface area contributed by atoms with E-state index >= 15 is 0 Å². The Morgan fingerprint density at radius 2 is 1.95 bits per heavy atom. The molecule has 1 fully saturated rings. The minimum Gasteiger partial charge on any atom is -0.380 e. The second-order valence-corrected chi connectivity index (χ2v) is 7.63. The largest absolute Gasteiger partial charge is 0.380 e. The molecule has 0 saturated heterocycles. The molecule has 0 bridgehead atoms. The minimum atomic E-state index is -3.21. The van der Waals surface area contributed by atoms with Crippen molar-refractivity contribution in [3.8, 4) is 0 Å². The van der Waals surface area contributed by atoms with Crippen molar-refractivity contribution in [1.29, 1.82) is 0 Å². The Bertz CT molecular complexity index is 558. The van der Waals surface area contributed by atoms with Crippen LogP contribution in [0.1, 0.15) is 18.4 Å². The Morgan fingerprint density at radius 1 is 1.37 bits per heavy atom. The van der Waals surface area contributed by atoms with Crippen molar-refractivity contribution in [2.45, 2.75) is 23.6 Å². The predicted molar refractivity (Wildman–Crippen MR) is 76.2 cm³/mol. The quantitative estimate of drug-likeness (QED) is 0.897. The molecular weight excluding hydrogens is 286 g/mol. The Morgan fingerprint density at radius 3 is 2.42 bits per heavy atom. The molecule has 1 aromatic carbocycles. The van der Waals surface area contributed by atoms with E-state index < -0.39 is 20.6 Å². The van der Waals surface area contributed by atoms with Crippen LogP contribution in [0.2, 0.25) is 5.02 Å². The lowest BCUT2D eigenvalue weighted by molar-refractivity contribution is 0.125. The van der Waals surface area contributed by atoms with Gasteiger partial charge in [0.15, 0.2) is 9.84 Å². The zero-order valence-electron chi connectivity index (χ0n) is 11.0. The van der Waals surface area contributed by atoms with Crippen molar-refractivity contribution in [2.24, 2.45) is 5.73 Å². The molecule has 1 saturated carbocycles. The third-order valence-corrected chi connectivity index (χ3v) is 5.43. The van der Waals surface area contributed by atoms with Gasteiger partial charge in [0.1, 0.15) is 0 Å². The fraction of sp³-hybridized carbons (Fsp3) is 0.538. The van der Waals surface area contributed by atoms with Crippen LogP contribution < -0.4 is 5.73 Å². The number of ether oxygens (including phenoxy) is 1. The van der Waals surface area contributed by atoms with Gasteiger partial charge in [-0.2, -0.15) is 0 Å². The van der Waals surface area contributed by atoms with Gasteiger partial charge in [-0.25, -0.2) is 8.42 Å². The maximum Gasteiger partial charge on any atom is 0.152 e. The first-order valence-electron chi connectivity index (χ1n) is 6.11. The molecule has 0 unspecified atom stereocenters. The van der Waals surface area contributed by atoms with Gasteiger partial charge < -0.3 is 10.5 Å². The molecule has 0 radical (unpaired) electrons. The molecule has 106 valence electrons. The van der Waals surface area contributed by atoms with E-state index in [-0.39, 0.29) is 12.5 Å². The Balaban J connectivity index is 2.30. The van der Waals surface area contributed by atoms with Gasteiger partial charge in [-0.15, -0.1) is 0 Å². The highest BCUT2D eigenvalue weighted by Gasteiger charge is 2.67. The van der Waals surface area contributed by atoms with E-state index in [1.807, 2.05) is 19.1 Å². The molecular formula is C13H18ClNO3S. The molecule has 2 rings (SSSR count). The summed E-state index contributed by atoms with van der Waals surface area (Å²) in [5, 5.41) is 0.0282. The minimum absolute atomic E-state index is 0.230. The summed E-state index contributed by atoms with van der Waals surface area (Å²) < 4.78 is 29.1. The van der Waals surface area contributed by atoms with Crippen LogP contribution in [0.5, 0.6) is 0 Å². The average Bonchev–Trinajstić information content (AvgIpc) is 2.95. The molecule has 3 atom stereocenters. The lowest BCUT2D eigenvalue weighted by Crippen LogP contribution is -2.36. The lowest BCUT2D eigenvalue weighted by Gasteiger charge is -2.11. The molecule has 0 spiro atoms. The summed E-state index contributed by atoms with van der Waals surface area (Å²) in [6.07, 6.45) is 1.22. The summed E-state index contributed by atoms with van der Waals surface area (Å²) in [7, 11) is -3.21. The van der Waals surface area contributed by atoms with Crippen molar-refractivity contribution in [2.75, 3.05) is 19.5 Å². The van der Waals surface area contributed by atoms with Crippen molar-refractivity contribution >= 4 is 21.4 Å². The molecule has 0 heterocycles. The van der Waals surface area contributed by atoms with Crippen LogP contribution in [0.3, 0.4) is 0 Å². The SMILES string of the molecule is CCOC[C@@]1(N)[C@@H](c2ccc(Cl)cc2)[C@@H]1S(C)(=O)=O. The van der Waals surface area contributed by atoms with Crippen LogP contribution in [-0.2, 0) is 14.6 Å². The van der Waals surface area contributed by atoms with E-state index in [9.17, 15) is 8.42 Å². The Hall–Kier alpha value is -0.620. The summed E-state index contributed by atoms with van der Waals surface area (Å²) in [4.78, 5) is 0. The molecule has 19 heavy (non-hydrogen) atoms. The number of halogens is 1. The molecule has 2 N–H and O–H groups in total. The monoisotopic (exact) mass is 303 g/mol. The van der Waals surface area contributed by atoms with Crippen LogP contribution in [0, 0.1) is 0 Å². The molecule has 4 nitrogen and oxygen atoms in total. The van der Waals surface area contributed by atoms with E-state index in [4.69, 9.17) is 22.1 Å². The van der Waals surface area contributed by atoms with Gasteiger partial charge in [0.05, 0.1) is 17.4 Å². The molecule has 1 aromatic rings. The third kappa shape index (κ3) is 2.79. The number of hydrogen-bond donors (Lipinski definition) is 1. The standard InChI is InChI=1S/C13H18ClNO3S/c1-3-18-8-13(15)11(12(13)19(2,16)17)9-4-6-10(14)7-5-9/h4-7,11-12H,3,8,15H2,1-2H3/t11-,12-,13+/m0/s1. The van der Waals surface area contributed by atoms with Gasteiger partial charge in [-0.3, -0.25) is 0 Å². The number of benzene rings is 1. The molecule has 1 aliphatic rings. The smallest absolute Gasteiger partial charge is 0.152 e. The van der Waals surface area contributed by atoms with Gasteiger partial charge >= 0.3 is 0 Å². The number of nitrogens with two attached hydrogens (primary N) is 1. The Labute approximate surface area is 118 Å². The van der Waals surface area contributed by atoms with E-state index in [1.165, 1.54) is 6.26 Å². The van der Waals surface area contributed by atoms with Gasteiger partial charge in [0.2, 0.25) is 0 Å². The summed E-state index contributed by atoms with van der Waals surface area (Å²) in [6, 6.07) is 7.14. The maximum absolute atomic E-state index is 11.9. The van der Waals surface area contributed by atoms with E-state index in [1.54, 1.807) is 12.1 Å². The predicted octanol–water partition coefficient (Wildman–Crippen LogP) is 1.58. The van der Waals surface area contributed by atoms with Crippen molar-refractivity contribution < 1.29 is 13.2 Å². The molecule has 0 amide bonds. The van der Waals surface area contributed by atoms with Crippen molar-refractivity contribution in [1.82, 2.24) is 0 Å². The zero-order valence-corrected chi connectivity index (χ0v) is 12.5. The third-order valence-electron chi connectivity index (χ3n) is 3.55. The molecule has 6 heteroatoms. The highest BCUT2D eigenvalue weighted by atomic mass is 35.5. The van der Waals surface area contributed by atoms with E-state index in [0.29, 0.717) is 11.6 Å². The topological polar surface area (TPSA) is 69.4 Å². The lowest BCUT2D eigenvalue weighted by atomic mass is 10.1. The molecule has 0 aliphatic heterocycles. The normalized spacial score (nSPS) is 30.3. The van der Waals surface area contributed by atoms with Crippen LogP contribution in [-0.4, -0.2) is 38.7 Å². The first-order chi connectivity index (χ1) is 8.80. The summed E-state index contributed by atoms with van der Waals surface area (Å²) in [6.45, 7) is 2.62. The zero-order chi connectivity index (χ0) is 14.3. The van der Waals surface area contributed by atoms with Gasteiger partial charge in [0, 0.05) is 23.8 Å². The van der Waals surface area contributed by atoms with Crippen LogP contribution in [0.15, 0.2) is 24.3 Å². The van der Waals surface area contributed by atoms with E-state index in [2.05, 4.69) is 0 Å². The first-order valence-corrected chi connectivity index (χ1v) is 8.45. The summed E-state index contributed by atoms with van der Waals surface area (Å²) >= 11 is 5.84. The second kappa shape index (κ2) is 5.05. The molecule has 0 aromatic heterocycles. The summed E-state index contributed by atoms with van der Waals surface area (Å²) in [5.41, 5.74) is 6.30. The highest BCUT2D eigenvalue weighted by molar-refractivity contribution is 7.91. The van der Waals surface area contributed by atoms with Gasteiger partial charge in [-0.1, -0.05) is 23.7 Å². The fourth-order valence-electron chi connectivity index (χ4n) is 2.67. The number of sulfone groups is 1. The second-order valence-electron chi connectivity index (χ2n) is 5.03. The van der Waals surface area contributed by atoms with Crippen molar-refractivity contribution in [3.05, 3.63) is 34.9 Å². The summed E-state index contributed by atoms with van der Waals surface area (Å²) in [5.74, 6) is -0.230. The van der Waals surface area contributed by atoms with E-state index in [0.717, 1.165) is 5.56 Å². The number of hydrogen-bond acceptors (Lipinski definition) is 4. The fourth-order valence-corrected chi connectivity index (χ4v) is 4.64. The van der Waals surface area contributed by atoms with Gasteiger partial charge in [0.25, 0.3) is 0 Å². The molecule has 1 aliphatic carbocycles. The Kier molecular flexibility index (Phi) is 3.93. The van der Waals surface area contributed by atoms with Gasteiger partial charge in [-0.05, 0) is 24.6 Å². The first kappa shape index (κ1) is 14.8. The van der Waals surface area contributed by atoms with Crippen LogP contribution in [0.4, 0.5) is 0 Å². The van der Waals surface area contributed by atoms with Crippen LogP contribution in [0.25, 0.3) is 0 Å². The van der Waals surface area contributed by atoms with Crippen LogP contribution >= 0.6 is 11.6 Å².